The number of halogens is 2. The number of urea groups is 1. The number of imide groups is 1. The van der Waals surface area contributed by atoms with Crippen LogP contribution in [0, 0.1) is 0 Å². The Morgan fingerprint density at radius 2 is 1.95 bits per heavy atom. The second-order valence-electron chi connectivity index (χ2n) is 4.22. The van der Waals surface area contributed by atoms with Crippen molar-refractivity contribution in [3.63, 3.8) is 0 Å². The van der Waals surface area contributed by atoms with Gasteiger partial charge >= 0.3 is 6.03 Å². The summed E-state index contributed by atoms with van der Waals surface area (Å²) in [5, 5.41) is 5.74. The van der Waals surface area contributed by atoms with Crippen molar-refractivity contribution < 1.29 is 14.3 Å². The fourth-order valence-electron chi connectivity index (χ4n) is 1.47. The summed E-state index contributed by atoms with van der Waals surface area (Å²) < 4.78 is 4.88. The van der Waals surface area contributed by atoms with Gasteiger partial charge in [0.15, 0.2) is 0 Å². The van der Waals surface area contributed by atoms with Gasteiger partial charge in [-0.3, -0.25) is 10.1 Å². The number of rotatable bonds is 6. The van der Waals surface area contributed by atoms with Crippen LogP contribution >= 0.6 is 35.0 Å². The van der Waals surface area contributed by atoms with E-state index < -0.39 is 11.9 Å². The highest BCUT2D eigenvalue weighted by Crippen LogP contribution is 2.33. The van der Waals surface area contributed by atoms with Crippen LogP contribution in [0.15, 0.2) is 23.1 Å². The summed E-state index contributed by atoms with van der Waals surface area (Å²) in [6.45, 7) is 2.14. The van der Waals surface area contributed by atoms with Crippen molar-refractivity contribution in [2.24, 2.45) is 0 Å². The van der Waals surface area contributed by atoms with Crippen LogP contribution in [0.25, 0.3) is 0 Å². The van der Waals surface area contributed by atoms with E-state index in [-0.39, 0.29) is 11.8 Å². The molecule has 1 aromatic carbocycles. The molecule has 2 N–H and O–H groups in total. The number of hydrogen-bond donors (Lipinski definition) is 2. The molecule has 1 unspecified atom stereocenters. The Kier molecular flexibility index (Phi) is 7.88. The number of carbonyl (C=O) groups is 2. The fraction of sp³-hybridized carbons (Fsp3) is 0.385. The normalized spacial score (nSPS) is 11.8. The number of benzene rings is 1. The maximum atomic E-state index is 11.7. The fourth-order valence-corrected chi connectivity index (χ4v) is 2.96. The molecule has 5 nitrogen and oxygen atoms in total. The third-order valence-corrected chi connectivity index (χ3v) is 4.30. The summed E-state index contributed by atoms with van der Waals surface area (Å²) >= 11 is 13.2. The third-order valence-electron chi connectivity index (χ3n) is 2.31. The Labute approximate surface area is 137 Å². The first-order chi connectivity index (χ1) is 9.93. The van der Waals surface area contributed by atoms with Crippen molar-refractivity contribution in [2.45, 2.75) is 17.9 Å². The highest BCUT2D eigenvalue weighted by atomic mass is 35.5. The second kappa shape index (κ2) is 9.15. The number of methoxy groups -OCH3 is 1. The molecule has 0 fully saturated rings. The average molecular weight is 351 g/mol. The number of amides is 3. The van der Waals surface area contributed by atoms with Crippen LogP contribution in [0.2, 0.25) is 10.0 Å². The largest absolute Gasteiger partial charge is 0.383 e. The zero-order chi connectivity index (χ0) is 15.8. The predicted octanol–water partition coefficient (Wildman–Crippen LogP) is 2.95. The van der Waals surface area contributed by atoms with Gasteiger partial charge in [0.1, 0.15) is 0 Å². The molecule has 0 aromatic heterocycles. The molecule has 0 aliphatic carbocycles. The lowest BCUT2D eigenvalue weighted by Crippen LogP contribution is -2.45. The van der Waals surface area contributed by atoms with Gasteiger partial charge in [0.2, 0.25) is 5.91 Å². The second-order valence-corrected chi connectivity index (χ2v) is 6.02. The van der Waals surface area contributed by atoms with Crippen molar-refractivity contribution in [1.29, 1.82) is 0 Å². The maximum Gasteiger partial charge on any atom is 0.321 e. The third kappa shape index (κ3) is 6.56. The van der Waals surface area contributed by atoms with Crippen molar-refractivity contribution in [2.75, 3.05) is 19.5 Å². The minimum Gasteiger partial charge on any atom is -0.383 e. The SMILES string of the molecule is COCC(C)NC(=O)NC(=O)CSc1c(Cl)cccc1Cl. The molecule has 1 aromatic rings. The van der Waals surface area contributed by atoms with Crippen molar-refractivity contribution in [3.8, 4) is 0 Å². The van der Waals surface area contributed by atoms with Gasteiger partial charge in [0.05, 0.1) is 28.4 Å². The molecule has 21 heavy (non-hydrogen) atoms. The Morgan fingerprint density at radius 1 is 1.33 bits per heavy atom. The van der Waals surface area contributed by atoms with Gasteiger partial charge < -0.3 is 10.1 Å². The molecule has 0 spiro atoms. The first-order valence-electron chi connectivity index (χ1n) is 6.10. The van der Waals surface area contributed by atoms with Crippen LogP contribution in [0.5, 0.6) is 0 Å². The summed E-state index contributed by atoms with van der Waals surface area (Å²) in [6.07, 6.45) is 0. The summed E-state index contributed by atoms with van der Waals surface area (Å²) in [6, 6.07) is 4.35. The number of hydrogen-bond acceptors (Lipinski definition) is 4. The van der Waals surface area contributed by atoms with Gasteiger partial charge in [0, 0.05) is 12.0 Å². The molecule has 0 saturated heterocycles. The van der Waals surface area contributed by atoms with E-state index in [1.807, 2.05) is 0 Å². The summed E-state index contributed by atoms with van der Waals surface area (Å²) in [5.74, 6) is -0.395. The maximum absolute atomic E-state index is 11.7. The van der Waals surface area contributed by atoms with E-state index >= 15 is 0 Å². The summed E-state index contributed by atoms with van der Waals surface area (Å²) in [5.41, 5.74) is 0. The molecular weight excluding hydrogens is 335 g/mol. The van der Waals surface area contributed by atoms with Gasteiger partial charge in [0.25, 0.3) is 0 Å². The van der Waals surface area contributed by atoms with Crippen LogP contribution < -0.4 is 10.6 Å². The Hall–Kier alpha value is -0.950. The molecule has 1 rings (SSSR count). The number of thioether (sulfide) groups is 1. The molecule has 3 amide bonds. The van der Waals surface area contributed by atoms with Crippen LogP contribution in [0.3, 0.4) is 0 Å². The first kappa shape index (κ1) is 18.1. The van der Waals surface area contributed by atoms with E-state index in [1.54, 1.807) is 25.1 Å². The van der Waals surface area contributed by atoms with Crippen LogP contribution in [0.1, 0.15) is 6.92 Å². The molecule has 1 atom stereocenters. The Balaban J connectivity index is 2.42. The lowest BCUT2D eigenvalue weighted by atomic mass is 10.4. The molecule has 0 bridgehead atoms. The van der Waals surface area contributed by atoms with Crippen molar-refractivity contribution in [3.05, 3.63) is 28.2 Å². The molecule has 0 radical (unpaired) electrons. The van der Waals surface area contributed by atoms with Crippen LogP contribution in [-0.4, -0.2) is 37.4 Å². The number of ether oxygens (including phenoxy) is 1. The average Bonchev–Trinajstić information content (AvgIpc) is 2.37. The lowest BCUT2D eigenvalue weighted by molar-refractivity contribution is -0.117. The molecule has 116 valence electrons. The Bertz CT molecular complexity index is 494. The number of carbonyl (C=O) groups excluding carboxylic acids is 2. The zero-order valence-corrected chi connectivity index (χ0v) is 13.9. The van der Waals surface area contributed by atoms with E-state index in [9.17, 15) is 9.59 Å². The highest BCUT2D eigenvalue weighted by Gasteiger charge is 2.13. The van der Waals surface area contributed by atoms with E-state index in [0.29, 0.717) is 21.5 Å². The van der Waals surface area contributed by atoms with Gasteiger partial charge in [-0.05, 0) is 19.1 Å². The minimum atomic E-state index is -0.560. The first-order valence-corrected chi connectivity index (χ1v) is 7.84. The van der Waals surface area contributed by atoms with E-state index in [0.717, 1.165) is 0 Å². The smallest absolute Gasteiger partial charge is 0.321 e. The summed E-state index contributed by atoms with van der Waals surface area (Å²) in [7, 11) is 1.53. The molecule has 8 heteroatoms. The van der Waals surface area contributed by atoms with Crippen LogP contribution in [0.4, 0.5) is 4.79 Å². The van der Waals surface area contributed by atoms with Crippen LogP contribution in [-0.2, 0) is 9.53 Å². The monoisotopic (exact) mass is 350 g/mol. The predicted molar refractivity (Wildman–Crippen MR) is 85.2 cm³/mol. The van der Waals surface area contributed by atoms with Crippen molar-refractivity contribution in [1.82, 2.24) is 10.6 Å². The highest BCUT2D eigenvalue weighted by molar-refractivity contribution is 8.00. The van der Waals surface area contributed by atoms with Gasteiger partial charge in [-0.25, -0.2) is 4.79 Å². The molecule has 0 saturated carbocycles. The Morgan fingerprint density at radius 3 is 2.52 bits per heavy atom. The summed E-state index contributed by atoms with van der Waals surface area (Å²) in [4.78, 5) is 23.8. The van der Waals surface area contributed by atoms with Gasteiger partial charge in [-0.2, -0.15) is 0 Å². The van der Waals surface area contributed by atoms with Gasteiger partial charge in [-0.15, -0.1) is 11.8 Å². The number of nitrogens with one attached hydrogen (secondary N) is 2. The van der Waals surface area contributed by atoms with E-state index in [4.69, 9.17) is 27.9 Å². The van der Waals surface area contributed by atoms with E-state index in [2.05, 4.69) is 10.6 Å². The lowest BCUT2D eigenvalue weighted by Gasteiger charge is -2.13. The quantitative estimate of drug-likeness (QED) is 0.774. The minimum absolute atomic E-state index is 0.0372. The standard InChI is InChI=1S/C13H16Cl2N2O3S/c1-8(6-20-2)16-13(19)17-11(18)7-21-12-9(14)4-3-5-10(12)15/h3-5,8H,6-7H2,1-2H3,(H2,16,17,18,19). The van der Waals surface area contributed by atoms with Crippen molar-refractivity contribution >= 4 is 46.9 Å². The van der Waals surface area contributed by atoms with Gasteiger partial charge in [-0.1, -0.05) is 29.3 Å². The topological polar surface area (TPSA) is 67.4 Å². The zero-order valence-electron chi connectivity index (χ0n) is 11.6. The molecule has 0 aliphatic rings. The molecule has 0 heterocycles. The molecule has 0 aliphatic heterocycles. The molecular formula is C13H16Cl2N2O3S. The van der Waals surface area contributed by atoms with E-state index in [1.165, 1.54) is 18.9 Å².